The summed E-state index contributed by atoms with van der Waals surface area (Å²) in [4.78, 5) is 0. The maximum absolute atomic E-state index is 5.76. The number of hydrogen-bond acceptors (Lipinski definition) is 1. The molecule has 0 aromatic heterocycles. The minimum absolute atomic E-state index is 0.879. The van der Waals surface area contributed by atoms with Gasteiger partial charge in [0.1, 0.15) is 11.5 Å². The molecule has 0 saturated heterocycles. The summed E-state index contributed by atoms with van der Waals surface area (Å²) in [7, 11) is 0. The van der Waals surface area contributed by atoms with Crippen LogP contribution in [-0.4, -0.2) is 0 Å². The van der Waals surface area contributed by atoms with Crippen LogP contribution in [0.1, 0.15) is 25.0 Å². The Balaban J connectivity index is 0.000000686. The quantitative estimate of drug-likeness (QED) is 0.693. The second-order valence-electron chi connectivity index (χ2n) is 3.68. The highest BCUT2D eigenvalue weighted by molar-refractivity contribution is 5.39. The van der Waals surface area contributed by atoms with Crippen molar-refractivity contribution in [2.45, 2.75) is 27.7 Å². The molecule has 0 spiro atoms. The van der Waals surface area contributed by atoms with E-state index in [0.717, 1.165) is 11.5 Å². The standard InChI is InChI=1S/C14H14O.C2H6/c1-11-8-9-14(12(2)10-11)15-13-6-4-3-5-7-13;1-2/h3-10H,1-2H3;1-2H3. The molecule has 0 aliphatic rings. The van der Waals surface area contributed by atoms with Crippen molar-refractivity contribution < 1.29 is 4.74 Å². The van der Waals surface area contributed by atoms with Gasteiger partial charge in [-0.3, -0.25) is 0 Å². The number of para-hydroxylation sites is 1. The summed E-state index contributed by atoms with van der Waals surface area (Å²) in [5, 5.41) is 0. The molecule has 1 heteroatoms. The third kappa shape index (κ3) is 3.95. The van der Waals surface area contributed by atoms with Crippen molar-refractivity contribution in [1.82, 2.24) is 0 Å². The van der Waals surface area contributed by atoms with Crippen LogP contribution in [0, 0.1) is 13.8 Å². The molecule has 2 rings (SSSR count). The summed E-state index contributed by atoms with van der Waals surface area (Å²) in [6.07, 6.45) is 0. The molecule has 0 saturated carbocycles. The molecule has 2 aromatic rings. The Hall–Kier alpha value is -1.76. The van der Waals surface area contributed by atoms with E-state index in [9.17, 15) is 0 Å². The molecule has 0 aliphatic carbocycles. The van der Waals surface area contributed by atoms with Crippen LogP contribution < -0.4 is 4.74 Å². The molecule has 0 radical (unpaired) electrons. The predicted molar refractivity (Wildman–Crippen MR) is 73.8 cm³/mol. The number of aryl methyl sites for hydroxylation is 2. The monoisotopic (exact) mass is 228 g/mol. The molecule has 17 heavy (non-hydrogen) atoms. The Kier molecular flexibility index (Phi) is 5.28. The van der Waals surface area contributed by atoms with Crippen LogP contribution in [0.3, 0.4) is 0 Å². The van der Waals surface area contributed by atoms with Crippen LogP contribution in [0.25, 0.3) is 0 Å². The van der Waals surface area contributed by atoms with Crippen LogP contribution in [0.4, 0.5) is 0 Å². The first-order valence-corrected chi connectivity index (χ1v) is 6.06. The van der Waals surface area contributed by atoms with Gasteiger partial charge in [-0.2, -0.15) is 0 Å². The maximum Gasteiger partial charge on any atom is 0.130 e. The topological polar surface area (TPSA) is 9.23 Å². The Morgan fingerprint density at radius 3 is 2.06 bits per heavy atom. The smallest absolute Gasteiger partial charge is 0.130 e. The highest BCUT2D eigenvalue weighted by Crippen LogP contribution is 2.25. The largest absolute Gasteiger partial charge is 0.457 e. The third-order valence-electron chi connectivity index (χ3n) is 2.30. The molecule has 0 heterocycles. The fourth-order valence-corrected chi connectivity index (χ4v) is 1.53. The van der Waals surface area contributed by atoms with Crippen LogP contribution in [0.5, 0.6) is 11.5 Å². The van der Waals surface area contributed by atoms with E-state index < -0.39 is 0 Å². The van der Waals surface area contributed by atoms with Gasteiger partial charge in [-0.05, 0) is 37.6 Å². The second-order valence-corrected chi connectivity index (χ2v) is 3.68. The van der Waals surface area contributed by atoms with E-state index >= 15 is 0 Å². The van der Waals surface area contributed by atoms with Crippen LogP contribution in [0.2, 0.25) is 0 Å². The molecule has 0 atom stereocenters. The van der Waals surface area contributed by atoms with Crippen LogP contribution >= 0.6 is 0 Å². The van der Waals surface area contributed by atoms with E-state index in [1.807, 2.05) is 50.2 Å². The minimum atomic E-state index is 0.879. The fourth-order valence-electron chi connectivity index (χ4n) is 1.53. The first kappa shape index (κ1) is 13.3. The molecular formula is C16H20O. The van der Waals surface area contributed by atoms with Crippen molar-refractivity contribution in [1.29, 1.82) is 0 Å². The first-order chi connectivity index (χ1) is 8.25. The van der Waals surface area contributed by atoms with Crippen molar-refractivity contribution in [3.63, 3.8) is 0 Å². The van der Waals surface area contributed by atoms with Crippen LogP contribution in [-0.2, 0) is 0 Å². The highest BCUT2D eigenvalue weighted by atomic mass is 16.5. The molecule has 0 bridgehead atoms. The molecule has 1 nitrogen and oxygen atoms in total. The second kappa shape index (κ2) is 6.74. The average molecular weight is 228 g/mol. The van der Waals surface area contributed by atoms with E-state index in [1.165, 1.54) is 11.1 Å². The molecule has 90 valence electrons. The van der Waals surface area contributed by atoms with Gasteiger partial charge in [-0.1, -0.05) is 49.7 Å². The predicted octanol–water partition coefficient (Wildman–Crippen LogP) is 5.12. The van der Waals surface area contributed by atoms with Gasteiger partial charge >= 0.3 is 0 Å². The van der Waals surface area contributed by atoms with Gasteiger partial charge in [0.2, 0.25) is 0 Å². The Labute approximate surface area is 104 Å². The molecule has 0 N–H and O–H groups in total. The minimum Gasteiger partial charge on any atom is -0.457 e. The molecular weight excluding hydrogens is 208 g/mol. The summed E-state index contributed by atoms with van der Waals surface area (Å²) >= 11 is 0. The van der Waals surface area contributed by atoms with Crippen molar-refractivity contribution in [2.75, 3.05) is 0 Å². The van der Waals surface area contributed by atoms with Crippen LogP contribution in [0.15, 0.2) is 48.5 Å². The van der Waals surface area contributed by atoms with Gasteiger partial charge in [0.15, 0.2) is 0 Å². The lowest BCUT2D eigenvalue weighted by Gasteiger charge is -2.08. The lowest BCUT2D eigenvalue weighted by atomic mass is 10.1. The molecule has 0 aliphatic heterocycles. The Morgan fingerprint density at radius 2 is 1.47 bits per heavy atom. The number of rotatable bonds is 2. The maximum atomic E-state index is 5.76. The molecule has 0 amide bonds. The van der Waals surface area contributed by atoms with Gasteiger partial charge in [0.25, 0.3) is 0 Å². The summed E-state index contributed by atoms with van der Waals surface area (Å²) in [5.74, 6) is 1.80. The van der Waals surface area contributed by atoms with E-state index in [0.29, 0.717) is 0 Å². The summed E-state index contributed by atoms with van der Waals surface area (Å²) in [6.45, 7) is 8.14. The van der Waals surface area contributed by atoms with Crippen molar-refractivity contribution in [2.24, 2.45) is 0 Å². The SMILES string of the molecule is CC.Cc1ccc(Oc2ccccc2)c(C)c1. The van der Waals surface area contributed by atoms with Gasteiger partial charge in [0, 0.05) is 0 Å². The zero-order valence-corrected chi connectivity index (χ0v) is 11.0. The Bertz CT molecular complexity index is 446. The number of ether oxygens (including phenoxy) is 1. The van der Waals surface area contributed by atoms with Gasteiger partial charge in [-0.15, -0.1) is 0 Å². The number of hydrogen-bond donors (Lipinski definition) is 0. The number of benzene rings is 2. The third-order valence-corrected chi connectivity index (χ3v) is 2.30. The highest BCUT2D eigenvalue weighted by Gasteiger charge is 2.00. The zero-order chi connectivity index (χ0) is 12.7. The lowest BCUT2D eigenvalue weighted by Crippen LogP contribution is -1.87. The van der Waals surface area contributed by atoms with Crippen molar-refractivity contribution >= 4 is 0 Å². The Morgan fingerprint density at radius 1 is 0.824 bits per heavy atom. The normalized spacial score (nSPS) is 9.18. The first-order valence-electron chi connectivity index (χ1n) is 6.06. The van der Waals surface area contributed by atoms with E-state index in [-0.39, 0.29) is 0 Å². The van der Waals surface area contributed by atoms with Gasteiger partial charge in [-0.25, -0.2) is 0 Å². The van der Waals surface area contributed by atoms with E-state index in [1.54, 1.807) is 0 Å². The van der Waals surface area contributed by atoms with E-state index in [2.05, 4.69) is 26.0 Å². The van der Waals surface area contributed by atoms with Crippen molar-refractivity contribution in [3.8, 4) is 11.5 Å². The summed E-state index contributed by atoms with van der Waals surface area (Å²) < 4.78 is 5.76. The molecule has 0 unspecified atom stereocenters. The fraction of sp³-hybridized carbons (Fsp3) is 0.250. The lowest BCUT2D eigenvalue weighted by molar-refractivity contribution is 0.479. The van der Waals surface area contributed by atoms with Gasteiger partial charge in [0.05, 0.1) is 0 Å². The summed E-state index contributed by atoms with van der Waals surface area (Å²) in [5.41, 5.74) is 2.42. The summed E-state index contributed by atoms with van der Waals surface area (Å²) in [6, 6.07) is 16.0. The van der Waals surface area contributed by atoms with Gasteiger partial charge < -0.3 is 4.74 Å². The van der Waals surface area contributed by atoms with Crippen molar-refractivity contribution in [3.05, 3.63) is 59.7 Å². The average Bonchev–Trinajstić information content (AvgIpc) is 2.37. The van der Waals surface area contributed by atoms with E-state index in [4.69, 9.17) is 4.74 Å². The molecule has 2 aromatic carbocycles. The molecule has 0 fully saturated rings. The zero-order valence-electron chi connectivity index (χ0n) is 11.0.